The van der Waals surface area contributed by atoms with Crippen LogP contribution in [0.25, 0.3) is 0 Å². The highest BCUT2D eigenvalue weighted by Gasteiger charge is 2.16. The number of rotatable bonds is 3. The first-order valence-corrected chi connectivity index (χ1v) is 5.22. The zero-order chi connectivity index (χ0) is 9.80. The van der Waals surface area contributed by atoms with Gasteiger partial charge in [0.25, 0.3) is 0 Å². The van der Waals surface area contributed by atoms with Gasteiger partial charge in [0.05, 0.1) is 19.1 Å². The largest absolute Gasteiger partial charge is 0.472 e. The van der Waals surface area contributed by atoms with Crippen LogP contribution >= 0.6 is 0 Å². The summed E-state index contributed by atoms with van der Waals surface area (Å²) in [5.74, 6) is 0. The van der Waals surface area contributed by atoms with E-state index >= 15 is 0 Å². The molecule has 0 aromatic carbocycles. The molecule has 0 aliphatic carbocycles. The molecule has 0 saturated carbocycles. The second-order valence-corrected chi connectivity index (χ2v) is 3.86. The van der Waals surface area contributed by atoms with Gasteiger partial charge in [-0.3, -0.25) is 0 Å². The van der Waals surface area contributed by atoms with Crippen LogP contribution in [0.3, 0.4) is 0 Å². The van der Waals surface area contributed by atoms with Gasteiger partial charge in [-0.05, 0) is 25.8 Å². The normalized spacial score (nSPS) is 24.8. The Kier molecular flexibility index (Phi) is 3.22. The third kappa shape index (κ3) is 2.36. The van der Waals surface area contributed by atoms with Gasteiger partial charge in [-0.2, -0.15) is 0 Å². The maximum atomic E-state index is 5.41. The Bertz CT molecular complexity index is 252. The van der Waals surface area contributed by atoms with E-state index in [0.29, 0.717) is 12.1 Å². The Morgan fingerprint density at radius 3 is 3.14 bits per heavy atom. The zero-order valence-corrected chi connectivity index (χ0v) is 8.53. The number of nitrogens with one attached hydrogen (secondary N) is 1. The third-order valence-corrected chi connectivity index (χ3v) is 2.69. The highest BCUT2D eigenvalue weighted by Crippen LogP contribution is 2.15. The summed E-state index contributed by atoms with van der Waals surface area (Å²) in [5, 5.41) is 3.54. The van der Waals surface area contributed by atoms with Crippen LogP contribution in [-0.2, 0) is 4.74 Å². The molecule has 1 unspecified atom stereocenters. The van der Waals surface area contributed by atoms with Gasteiger partial charge < -0.3 is 14.5 Å². The van der Waals surface area contributed by atoms with Crippen LogP contribution in [0.1, 0.15) is 31.4 Å². The topological polar surface area (TPSA) is 34.4 Å². The molecular weight excluding hydrogens is 178 g/mol. The van der Waals surface area contributed by atoms with Crippen LogP contribution in [-0.4, -0.2) is 19.3 Å². The second-order valence-electron chi connectivity index (χ2n) is 3.86. The van der Waals surface area contributed by atoms with Crippen molar-refractivity contribution in [1.82, 2.24) is 5.32 Å². The van der Waals surface area contributed by atoms with Gasteiger partial charge in [0.1, 0.15) is 0 Å². The molecule has 78 valence electrons. The Labute approximate surface area is 84.4 Å². The molecule has 0 bridgehead atoms. The molecule has 0 amide bonds. The Balaban J connectivity index is 1.84. The van der Waals surface area contributed by atoms with Crippen molar-refractivity contribution in [2.45, 2.75) is 31.8 Å². The molecule has 1 N–H and O–H groups in total. The summed E-state index contributed by atoms with van der Waals surface area (Å²) >= 11 is 0. The van der Waals surface area contributed by atoms with Crippen molar-refractivity contribution in [3.05, 3.63) is 24.2 Å². The summed E-state index contributed by atoms with van der Waals surface area (Å²) in [5.41, 5.74) is 1.20. The van der Waals surface area contributed by atoms with Crippen molar-refractivity contribution >= 4 is 0 Å². The van der Waals surface area contributed by atoms with Gasteiger partial charge in [-0.1, -0.05) is 0 Å². The molecule has 14 heavy (non-hydrogen) atoms. The van der Waals surface area contributed by atoms with Crippen LogP contribution in [0.5, 0.6) is 0 Å². The number of hydrogen-bond donors (Lipinski definition) is 1. The summed E-state index contributed by atoms with van der Waals surface area (Å²) in [6.07, 6.45) is 5.88. The molecule has 0 radical (unpaired) electrons. The van der Waals surface area contributed by atoms with E-state index in [9.17, 15) is 0 Å². The van der Waals surface area contributed by atoms with E-state index < -0.39 is 0 Å². The first-order chi connectivity index (χ1) is 6.86. The molecule has 1 fully saturated rings. The Morgan fingerprint density at radius 2 is 2.50 bits per heavy atom. The average Bonchev–Trinajstić information content (AvgIpc) is 2.72. The van der Waals surface area contributed by atoms with Crippen LogP contribution in [0.4, 0.5) is 0 Å². The molecule has 2 rings (SSSR count). The van der Waals surface area contributed by atoms with Gasteiger partial charge in [0, 0.05) is 24.3 Å². The fourth-order valence-corrected chi connectivity index (χ4v) is 1.84. The minimum atomic E-state index is 0.348. The molecule has 2 atom stereocenters. The van der Waals surface area contributed by atoms with E-state index in [0.717, 1.165) is 19.6 Å². The van der Waals surface area contributed by atoms with E-state index in [1.807, 2.05) is 6.07 Å². The van der Waals surface area contributed by atoms with Crippen LogP contribution in [0.2, 0.25) is 0 Å². The molecule has 2 heterocycles. The van der Waals surface area contributed by atoms with Crippen LogP contribution < -0.4 is 5.32 Å². The maximum Gasteiger partial charge on any atom is 0.0950 e. The van der Waals surface area contributed by atoms with Gasteiger partial charge in [0.2, 0.25) is 0 Å². The third-order valence-electron chi connectivity index (χ3n) is 2.69. The predicted molar refractivity (Wildman–Crippen MR) is 54.1 cm³/mol. The van der Waals surface area contributed by atoms with Crippen molar-refractivity contribution in [3.63, 3.8) is 0 Å². The summed E-state index contributed by atoms with van der Waals surface area (Å²) < 4.78 is 10.5. The number of furan rings is 1. The Hall–Kier alpha value is -0.800. The lowest BCUT2D eigenvalue weighted by molar-refractivity contribution is 0.0670. The van der Waals surface area contributed by atoms with E-state index in [4.69, 9.17) is 9.15 Å². The van der Waals surface area contributed by atoms with E-state index in [1.165, 1.54) is 12.0 Å². The molecule has 0 spiro atoms. The van der Waals surface area contributed by atoms with Gasteiger partial charge in [0.15, 0.2) is 0 Å². The highest BCUT2D eigenvalue weighted by molar-refractivity contribution is 5.10. The lowest BCUT2D eigenvalue weighted by Crippen LogP contribution is -2.38. The lowest BCUT2D eigenvalue weighted by atomic mass is 10.1. The van der Waals surface area contributed by atoms with Crippen molar-refractivity contribution in [3.8, 4) is 0 Å². The molecule has 1 aliphatic heterocycles. The summed E-state index contributed by atoms with van der Waals surface area (Å²) in [7, 11) is 0. The van der Waals surface area contributed by atoms with Crippen molar-refractivity contribution in [2.75, 3.05) is 13.2 Å². The fourth-order valence-electron chi connectivity index (χ4n) is 1.84. The van der Waals surface area contributed by atoms with E-state index in [-0.39, 0.29) is 0 Å². The van der Waals surface area contributed by atoms with Crippen molar-refractivity contribution < 1.29 is 9.15 Å². The quantitative estimate of drug-likeness (QED) is 0.802. The summed E-state index contributed by atoms with van der Waals surface area (Å²) in [6.45, 7) is 3.90. The molecule has 1 aromatic heterocycles. The fraction of sp³-hybridized carbons (Fsp3) is 0.636. The minimum absolute atomic E-state index is 0.348. The minimum Gasteiger partial charge on any atom is -0.472 e. The monoisotopic (exact) mass is 195 g/mol. The molecule has 1 saturated heterocycles. The average molecular weight is 195 g/mol. The SMILES string of the molecule is CC(N[C@H]1CCCOC1)c1ccoc1. The first-order valence-electron chi connectivity index (χ1n) is 5.22. The first kappa shape index (κ1) is 9.74. The maximum absolute atomic E-state index is 5.41. The Morgan fingerprint density at radius 1 is 1.57 bits per heavy atom. The highest BCUT2D eigenvalue weighted by atomic mass is 16.5. The van der Waals surface area contributed by atoms with Crippen molar-refractivity contribution in [2.24, 2.45) is 0 Å². The van der Waals surface area contributed by atoms with Crippen molar-refractivity contribution in [1.29, 1.82) is 0 Å². The van der Waals surface area contributed by atoms with Crippen LogP contribution in [0, 0.1) is 0 Å². The number of ether oxygens (including phenoxy) is 1. The predicted octanol–water partition coefficient (Wildman–Crippen LogP) is 2.11. The smallest absolute Gasteiger partial charge is 0.0950 e. The number of hydrogen-bond acceptors (Lipinski definition) is 3. The molecule has 3 nitrogen and oxygen atoms in total. The van der Waals surface area contributed by atoms with Gasteiger partial charge >= 0.3 is 0 Å². The molecule has 1 aromatic rings. The standard InChI is InChI=1S/C11H17NO2/c1-9(10-4-6-14-7-10)12-11-3-2-5-13-8-11/h4,6-7,9,11-12H,2-3,5,8H2,1H3/t9?,11-/m0/s1. The second kappa shape index (κ2) is 4.62. The lowest BCUT2D eigenvalue weighted by Gasteiger charge is -2.26. The van der Waals surface area contributed by atoms with Gasteiger partial charge in [-0.25, -0.2) is 0 Å². The van der Waals surface area contributed by atoms with E-state index in [2.05, 4.69) is 12.2 Å². The van der Waals surface area contributed by atoms with Crippen LogP contribution in [0.15, 0.2) is 23.0 Å². The van der Waals surface area contributed by atoms with E-state index in [1.54, 1.807) is 12.5 Å². The zero-order valence-electron chi connectivity index (χ0n) is 8.53. The summed E-state index contributed by atoms with van der Waals surface area (Å²) in [4.78, 5) is 0. The summed E-state index contributed by atoms with van der Waals surface area (Å²) in [6, 6.07) is 2.84. The molecule has 3 heteroatoms. The molecule has 1 aliphatic rings. The molecular formula is C11H17NO2. The van der Waals surface area contributed by atoms with Gasteiger partial charge in [-0.15, -0.1) is 0 Å².